The molecule has 1 atom stereocenters. The van der Waals surface area contributed by atoms with Crippen molar-refractivity contribution in [3.8, 4) is 0 Å². The van der Waals surface area contributed by atoms with Crippen molar-refractivity contribution >= 4 is 16.9 Å². The fraction of sp³-hybridized carbons (Fsp3) is 0.357. The van der Waals surface area contributed by atoms with Crippen molar-refractivity contribution in [3.05, 3.63) is 36.1 Å². The molecule has 0 bridgehead atoms. The van der Waals surface area contributed by atoms with Crippen LogP contribution in [0.3, 0.4) is 0 Å². The van der Waals surface area contributed by atoms with E-state index in [9.17, 15) is 4.79 Å². The van der Waals surface area contributed by atoms with Crippen LogP contribution in [0.2, 0.25) is 0 Å². The molecular formula is C14H15NO3. The number of carboxylic acid groups (broad SMARTS) is 1. The molecule has 1 saturated heterocycles. The lowest BCUT2D eigenvalue weighted by atomic mass is 10.1. The summed E-state index contributed by atoms with van der Waals surface area (Å²) in [6.07, 6.45) is 3.36. The highest BCUT2D eigenvalue weighted by atomic mass is 16.4. The van der Waals surface area contributed by atoms with Crippen molar-refractivity contribution in [1.82, 2.24) is 4.90 Å². The maximum absolute atomic E-state index is 11.2. The molecular weight excluding hydrogens is 230 g/mol. The third-order valence-corrected chi connectivity index (χ3v) is 3.58. The summed E-state index contributed by atoms with van der Waals surface area (Å²) in [5, 5.41) is 10.2. The molecule has 2 aromatic rings. The fourth-order valence-electron chi connectivity index (χ4n) is 2.69. The third kappa shape index (κ3) is 1.88. The van der Waals surface area contributed by atoms with Crippen molar-refractivity contribution in [2.75, 3.05) is 6.54 Å². The summed E-state index contributed by atoms with van der Waals surface area (Å²) >= 11 is 0. The van der Waals surface area contributed by atoms with Crippen molar-refractivity contribution in [2.45, 2.75) is 25.4 Å². The van der Waals surface area contributed by atoms with Gasteiger partial charge in [0.25, 0.3) is 0 Å². The number of furan rings is 1. The molecule has 0 spiro atoms. The van der Waals surface area contributed by atoms with Crippen LogP contribution < -0.4 is 0 Å². The summed E-state index contributed by atoms with van der Waals surface area (Å²) in [4.78, 5) is 13.2. The van der Waals surface area contributed by atoms with E-state index < -0.39 is 5.97 Å². The van der Waals surface area contributed by atoms with Gasteiger partial charge in [-0.15, -0.1) is 0 Å². The number of nitrogens with zero attached hydrogens (tertiary/aromatic N) is 1. The number of hydrogen-bond donors (Lipinski definition) is 1. The Balaban J connectivity index is 1.88. The Bertz CT molecular complexity index is 575. The molecule has 1 aliphatic heterocycles. The molecule has 0 aliphatic carbocycles. The van der Waals surface area contributed by atoms with Gasteiger partial charge in [0.05, 0.1) is 6.26 Å². The number of rotatable bonds is 3. The summed E-state index contributed by atoms with van der Waals surface area (Å²) in [6.45, 7) is 1.48. The minimum absolute atomic E-state index is 0.352. The van der Waals surface area contributed by atoms with Gasteiger partial charge in [0.15, 0.2) is 0 Å². The Hall–Kier alpha value is -1.81. The average Bonchev–Trinajstić information content (AvgIpc) is 2.96. The molecule has 1 fully saturated rings. The zero-order valence-electron chi connectivity index (χ0n) is 10.0. The SMILES string of the molecule is O=C(O)C1CCCN1Cc1cccc2ccoc12. The molecule has 1 aromatic heterocycles. The second-order valence-electron chi connectivity index (χ2n) is 4.72. The van der Waals surface area contributed by atoms with Crippen LogP contribution in [0.5, 0.6) is 0 Å². The number of para-hydroxylation sites is 1. The van der Waals surface area contributed by atoms with Gasteiger partial charge in [-0.25, -0.2) is 0 Å². The lowest BCUT2D eigenvalue weighted by Gasteiger charge is -2.20. The smallest absolute Gasteiger partial charge is 0.320 e. The first kappa shape index (κ1) is 11.3. The van der Waals surface area contributed by atoms with E-state index in [0.717, 1.165) is 35.9 Å². The zero-order valence-corrected chi connectivity index (χ0v) is 10.0. The standard InChI is InChI=1S/C14H15NO3/c16-14(17)12-5-2-7-15(12)9-11-4-1-3-10-6-8-18-13(10)11/h1,3-4,6,8,12H,2,5,7,9H2,(H,16,17). The highest BCUT2D eigenvalue weighted by Crippen LogP contribution is 2.25. The second kappa shape index (κ2) is 4.46. The first-order valence-corrected chi connectivity index (χ1v) is 6.17. The number of fused-ring (bicyclic) bond motifs is 1. The van der Waals surface area contributed by atoms with E-state index in [-0.39, 0.29) is 6.04 Å². The van der Waals surface area contributed by atoms with Gasteiger partial charge < -0.3 is 9.52 Å². The molecule has 4 heteroatoms. The minimum atomic E-state index is -0.723. The minimum Gasteiger partial charge on any atom is -0.480 e. The number of hydrogen-bond acceptors (Lipinski definition) is 3. The van der Waals surface area contributed by atoms with Crippen LogP contribution in [-0.2, 0) is 11.3 Å². The number of carbonyl (C=O) groups is 1. The van der Waals surface area contributed by atoms with Crippen molar-refractivity contribution in [1.29, 1.82) is 0 Å². The molecule has 1 N–H and O–H groups in total. The van der Waals surface area contributed by atoms with Gasteiger partial charge in [-0.2, -0.15) is 0 Å². The van der Waals surface area contributed by atoms with Gasteiger partial charge in [0.1, 0.15) is 11.6 Å². The fourth-order valence-corrected chi connectivity index (χ4v) is 2.69. The Morgan fingerprint density at radius 1 is 1.44 bits per heavy atom. The quantitative estimate of drug-likeness (QED) is 0.902. The van der Waals surface area contributed by atoms with Crippen molar-refractivity contribution in [3.63, 3.8) is 0 Å². The topological polar surface area (TPSA) is 53.7 Å². The van der Waals surface area contributed by atoms with Crippen LogP contribution >= 0.6 is 0 Å². The van der Waals surface area contributed by atoms with Gasteiger partial charge in [0.2, 0.25) is 0 Å². The van der Waals surface area contributed by atoms with Crippen LogP contribution in [0.1, 0.15) is 18.4 Å². The highest BCUT2D eigenvalue weighted by Gasteiger charge is 2.30. The molecule has 18 heavy (non-hydrogen) atoms. The van der Waals surface area contributed by atoms with Gasteiger partial charge in [-0.05, 0) is 25.5 Å². The second-order valence-corrected chi connectivity index (χ2v) is 4.72. The van der Waals surface area contributed by atoms with Crippen molar-refractivity contribution < 1.29 is 14.3 Å². The third-order valence-electron chi connectivity index (χ3n) is 3.58. The molecule has 3 rings (SSSR count). The molecule has 0 amide bonds. The van der Waals surface area contributed by atoms with Crippen LogP contribution in [-0.4, -0.2) is 28.6 Å². The van der Waals surface area contributed by atoms with E-state index >= 15 is 0 Å². The molecule has 0 saturated carbocycles. The lowest BCUT2D eigenvalue weighted by molar-refractivity contribution is -0.142. The number of aliphatic carboxylic acids is 1. The maximum Gasteiger partial charge on any atom is 0.320 e. The summed E-state index contributed by atoms with van der Waals surface area (Å²) in [7, 11) is 0. The number of benzene rings is 1. The summed E-state index contributed by atoms with van der Waals surface area (Å²) in [5.41, 5.74) is 1.93. The molecule has 4 nitrogen and oxygen atoms in total. The van der Waals surface area contributed by atoms with E-state index in [1.54, 1.807) is 6.26 Å². The summed E-state index contributed by atoms with van der Waals surface area (Å²) < 4.78 is 5.48. The molecule has 2 heterocycles. The predicted octanol–water partition coefficient (Wildman–Crippen LogP) is 2.48. The van der Waals surface area contributed by atoms with Crippen LogP contribution in [0.4, 0.5) is 0 Å². The van der Waals surface area contributed by atoms with Crippen LogP contribution in [0, 0.1) is 0 Å². The molecule has 94 valence electrons. The largest absolute Gasteiger partial charge is 0.480 e. The molecule has 1 unspecified atom stereocenters. The maximum atomic E-state index is 11.2. The predicted molar refractivity (Wildman–Crippen MR) is 67.3 cm³/mol. The molecule has 0 radical (unpaired) electrons. The monoisotopic (exact) mass is 245 g/mol. The van der Waals surface area contributed by atoms with Gasteiger partial charge in [0, 0.05) is 17.5 Å². The van der Waals surface area contributed by atoms with Crippen molar-refractivity contribution in [2.24, 2.45) is 0 Å². The van der Waals surface area contributed by atoms with Gasteiger partial charge in [-0.1, -0.05) is 18.2 Å². The Morgan fingerprint density at radius 3 is 3.17 bits per heavy atom. The van der Waals surface area contributed by atoms with E-state index in [0.29, 0.717) is 6.54 Å². The highest BCUT2D eigenvalue weighted by molar-refractivity contribution is 5.80. The molecule has 1 aliphatic rings. The Labute approximate surface area is 105 Å². The normalized spacial score (nSPS) is 20.6. The van der Waals surface area contributed by atoms with E-state index in [4.69, 9.17) is 9.52 Å². The lowest BCUT2D eigenvalue weighted by Crippen LogP contribution is -2.35. The van der Waals surface area contributed by atoms with E-state index in [1.807, 2.05) is 29.2 Å². The molecule has 1 aromatic carbocycles. The summed E-state index contributed by atoms with van der Waals surface area (Å²) in [5.74, 6) is -0.723. The first-order valence-electron chi connectivity index (χ1n) is 6.17. The number of likely N-dealkylation sites (tertiary alicyclic amines) is 1. The van der Waals surface area contributed by atoms with Crippen LogP contribution in [0.25, 0.3) is 11.0 Å². The first-order chi connectivity index (χ1) is 8.75. The van der Waals surface area contributed by atoms with E-state index in [2.05, 4.69) is 0 Å². The van der Waals surface area contributed by atoms with Gasteiger partial charge >= 0.3 is 5.97 Å². The Morgan fingerprint density at radius 2 is 2.33 bits per heavy atom. The van der Waals surface area contributed by atoms with Crippen LogP contribution in [0.15, 0.2) is 34.9 Å². The summed E-state index contributed by atoms with van der Waals surface area (Å²) in [6, 6.07) is 7.57. The average molecular weight is 245 g/mol. The van der Waals surface area contributed by atoms with E-state index in [1.165, 1.54) is 0 Å². The Kier molecular flexibility index (Phi) is 2.80. The van der Waals surface area contributed by atoms with Gasteiger partial charge in [-0.3, -0.25) is 9.69 Å². The zero-order chi connectivity index (χ0) is 12.5. The number of carboxylic acids is 1.